The lowest BCUT2D eigenvalue weighted by Gasteiger charge is -2.06. The number of aryl methyl sites for hydroxylation is 1. The third-order valence-corrected chi connectivity index (χ3v) is 4.29. The van der Waals surface area contributed by atoms with Crippen molar-refractivity contribution in [1.82, 2.24) is 9.78 Å². The van der Waals surface area contributed by atoms with Crippen LogP contribution in [0.15, 0.2) is 53.4 Å². The maximum absolute atomic E-state index is 4.71. The molecule has 0 unspecified atom stereocenters. The van der Waals surface area contributed by atoms with Gasteiger partial charge in [0, 0.05) is 22.5 Å². The summed E-state index contributed by atoms with van der Waals surface area (Å²) in [6.45, 7) is 3.76. The molecule has 3 aromatic rings. The highest BCUT2D eigenvalue weighted by molar-refractivity contribution is 7.98. The van der Waals surface area contributed by atoms with Gasteiger partial charge in [-0.3, -0.25) is 4.68 Å². The summed E-state index contributed by atoms with van der Waals surface area (Å²) in [5.41, 5.74) is 3.44. The number of nitrogens with one attached hydrogen (secondary N) is 1. The Kier molecular flexibility index (Phi) is 4.15. The van der Waals surface area contributed by atoms with Crippen LogP contribution in [0.3, 0.4) is 0 Å². The predicted octanol–water partition coefficient (Wildman–Crippen LogP) is 4.39. The number of hydrogen-bond acceptors (Lipinski definition) is 3. The molecule has 0 saturated carbocycles. The first-order chi connectivity index (χ1) is 10.3. The van der Waals surface area contributed by atoms with Gasteiger partial charge in [-0.1, -0.05) is 24.3 Å². The number of hydrogen-bond donors (Lipinski definition) is 1. The van der Waals surface area contributed by atoms with Gasteiger partial charge in [-0.05, 0) is 37.4 Å². The molecule has 0 saturated heterocycles. The number of anilines is 1. The van der Waals surface area contributed by atoms with E-state index < -0.39 is 0 Å². The average Bonchev–Trinajstić information content (AvgIpc) is 2.91. The van der Waals surface area contributed by atoms with Crippen molar-refractivity contribution in [2.24, 2.45) is 0 Å². The Balaban J connectivity index is 1.85. The van der Waals surface area contributed by atoms with Crippen LogP contribution in [-0.4, -0.2) is 16.0 Å². The minimum Gasteiger partial charge on any atom is -0.379 e. The van der Waals surface area contributed by atoms with E-state index in [9.17, 15) is 0 Å². The summed E-state index contributed by atoms with van der Waals surface area (Å²) in [4.78, 5) is 1.27. The second-order valence-electron chi connectivity index (χ2n) is 4.87. The van der Waals surface area contributed by atoms with E-state index in [0.717, 1.165) is 24.5 Å². The Morgan fingerprint density at radius 2 is 2.00 bits per heavy atom. The molecule has 1 heterocycles. The number of benzene rings is 2. The summed E-state index contributed by atoms with van der Waals surface area (Å²) in [5, 5.41) is 9.42. The van der Waals surface area contributed by atoms with E-state index in [1.54, 1.807) is 11.8 Å². The van der Waals surface area contributed by atoms with Crippen LogP contribution in [0, 0.1) is 0 Å². The van der Waals surface area contributed by atoms with Crippen LogP contribution in [0.5, 0.6) is 0 Å². The molecule has 2 aromatic carbocycles. The third kappa shape index (κ3) is 2.90. The molecule has 0 fully saturated rings. The first kappa shape index (κ1) is 14.0. The van der Waals surface area contributed by atoms with Crippen molar-refractivity contribution in [3.63, 3.8) is 0 Å². The fourth-order valence-electron chi connectivity index (χ4n) is 2.49. The van der Waals surface area contributed by atoms with E-state index in [4.69, 9.17) is 5.10 Å². The second kappa shape index (κ2) is 6.22. The lowest BCUT2D eigenvalue weighted by molar-refractivity contribution is 0.671. The van der Waals surface area contributed by atoms with Gasteiger partial charge >= 0.3 is 0 Å². The van der Waals surface area contributed by atoms with Gasteiger partial charge in [0.15, 0.2) is 0 Å². The Hall–Kier alpha value is -1.94. The van der Waals surface area contributed by atoms with Crippen molar-refractivity contribution in [3.05, 3.63) is 54.2 Å². The van der Waals surface area contributed by atoms with Gasteiger partial charge in [-0.2, -0.15) is 5.10 Å². The van der Waals surface area contributed by atoms with Gasteiger partial charge < -0.3 is 5.32 Å². The minimum absolute atomic E-state index is 0.741. The summed E-state index contributed by atoms with van der Waals surface area (Å²) in [6.07, 6.45) is 2.09. The second-order valence-corrected chi connectivity index (χ2v) is 5.74. The highest BCUT2D eigenvalue weighted by atomic mass is 32.2. The van der Waals surface area contributed by atoms with Gasteiger partial charge in [0.25, 0.3) is 0 Å². The molecule has 0 atom stereocenters. The van der Waals surface area contributed by atoms with E-state index in [1.165, 1.54) is 15.8 Å². The smallest absolute Gasteiger partial charge is 0.0894 e. The van der Waals surface area contributed by atoms with Crippen LogP contribution in [-0.2, 0) is 13.1 Å². The predicted molar refractivity (Wildman–Crippen MR) is 91.0 cm³/mol. The number of para-hydroxylation sites is 1. The Morgan fingerprint density at radius 3 is 2.81 bits per heavy atom. The fourth-order valence-corrected chi connectivity index (χ4v) is 2.95. The maximum atomic E-state index is 4.71. The number of aromatic nitrogens is 2. The standard InChI is InChI=1S/C17H19N3S/c1-3-20-17-10-5-4-9-15(17)16(19-20)12-18-13-7-6-8-14(11-13)21-2/h4-11,18H,3,12H2,1-2H3. The van der Waals surface area contributed by atoms with Gasteiger partial charge in [-0.15, -0.1) is 11.8 Å². The molecule has 21 heavy (non-hydrogen) atoms. The van der Waals surface area contributed by atoms with E-state index in [1.807, 2.05) is 0 Å². The SMILES string of the molecule is CCn1nc(CNc2cccc(SC)c2)c2ccccc21. The molecule has 0 radical (unpaired) electrons. The summed E-state index contributed by atoms with van der Waals surface area (Å²) in [6, 6.07) is 16.9. The molecule has 4 heteroatoms. The highest BCUT2D eigenvalue weighted by Gasteiger charge is 2.08. The monoisotopic (exact) mass is 297 g/mol. The zero-order valence-corrected chi connectivity index (χ0v) is 13.2. The summed E-state index contributed by atoms with van der Waals surface area (Å²) < 4.78 is 2.06. The van der Waals surface area contributed by atoms with Crippen molar-refractivity contribution < 1.29 is 0 Å². The quantitative estimate of drug-likeness (QED) is 0.708. The maximum Gasteiger partial charge on any atom is 0.0894 e. The largest absolute Gasteiger partial charge is 0.379 e. The van der Waals surface area contributed by atoms with Crippen LogP contribution in [0.2, 0.25) is 0 Å². The first-order valence-electron chi connectivity index (χ1n) is 7.14. The highest BCUT2D eigenvalue weighted by Crippen LogP contribution is 2.22. The van der Waals surface area contributed by atoms with E-state index in [0.29, 0.717) is 0 Å². The molecule has 0 bridgehead atoms. The molecule has 0 aliphatic carbocycles. The van der Waals surface area contributed by atoms with Crippen LogP contribution >= 0.6 is 11.8 Å². The van der Waals surface area contributed by atoms with E-state index >= 15 is 0 Å². The molecule has 108 valence electrons. The number of thioether (sulfide) groups is 1. The van der Waals surface area contributed by atoms with Crippen LogP contribution in [0.4, 0.5) is 5.69 Å². The lowest BCUT2D eigenvalue weighted by Crippen LogP contribution is -2.02. The van der Waals surface area contributed by atoms with Crippen LogP contribution < -0.4 is 5.32 Å². The fraction of sp³-hybridized carbons (Fsp3) is 0.235. The molecule has 1 aromatic heterocycles. The van der Waals surface area contributed by atoms with Crippen LogP contribution in [0.1, 0.15) is 12.6 Å². The zero-order valence-electron chi connectivity index (χ0n) is 12.3. The van der Waals surface area contributed by atoms with Crippen molar-refractivity contribution in [2.75, 3.05) is 11.6 Å². The van der Waals surface area contributed by atoms with Crippen molar-refractivity contribution in [3.8, 4) is 0 Å². The Labute approximate surface area is 129 Å². The average molecular weight is 297 g/mol. The van der Waals surface area contributed by atoms with Gasteiger partial charge in [-0.25, -0.2) is 0 Å². The molecule has 0 amide bonds. The first-order valence-corrected chi connectivity index (χ1v) is 8.36. The zero-order chi connectivity index (χ0) is 14.7. The molecule has 1 N–H and O–H groups in total. The summed E-state index contributed by atoms with van der Waals surface area (Å²) in [7, 11) is 0. The van der Waals surface area contributed by atoms with E-state index in [-0.39, 0.29) is 0 Å². The summed E-state index contributed by atoms with van der Waals surface area (Å²) in [5.74, 6) is 0. The molecular weight excluding hydrogens is 278 g/mol. The number of fused-ring (bicyclic) bond motifs is 1. The van der Waals surface area contributed by atoms with Crippen molar-refractivity contribution in [2.45, 2.75) is 24.9 Å². The normalized spacial score (nSPS) is 11.0. The van der Waals surface area contributed by atoms with Gasteiger partial charge in [0.1, 0.15) is 0 Å². The lowest BCUT2D eigenvalue weighted by atomic mass is 10.2. The Morgan fingerprint density at radius 1 is 1.14 bits per heavy atom. The van der Waals surface area contributed by atoms with Crippen molar-refractivity contribution in [1.29, 1.82) is 0 Å². The molecule has 0 aliphatic heterocycles. The van der Waals surface area contributed by atoms with E-state index in [2.05, 4.69) is 71.7 Å². The molecule has 3 rings (SSSR count). The van der Waals surface area contributed by atoms with Crippen LogP contribution in [0.25, 0.3) is 10.9 Å². The topological polar surface area (TPSA) is 29.9 Å². The summed E-state index contributed by atoms with van der Waals surface area (Å²) >= 11 is 1.76. The van der Waals surface area contributed by atoms with Crippen molar-refractivity contribution >= 4 is 28.4 Å². The molecule has 0 aliphatic rings. The van der Waals surface area contributed by atoms with Gasteiger partial charge in [0.2, 0.25) is 0 Å². The Bertz CT molecular complexity index is 749. The number of nitrogens with zero attached hydrogens (tertiary/aromatic N) is 2. The minimum atomic E-state index is 0.741. The molecule has 0 spiro atoms. The molecule has 3 nitrogen and oxygen atoms in total. The third-order valence-electron chi connectivity index (χ3n) is 3.56. The number of rotatable bonds is 5. The van der Waals surface area contributed by atoms with Gasteiger partial charge in [0.05, 0.1) is 17.8 Å². The molecular formula is C17H19N3S.